The number of aromatic nitrogens is 1. The summed E-state index contributed by atoms with van der Waals surface area (Å²) in [4.78, 5) is 6.76. The van der Waals surface area contributed by atoms with Crippen LogP contribution in [0.1, 0.15) is 33.6 Å². The van der Waals surface area contributed by atoms with Crippen molar-refractivity contribution >= 4 is 11.5 Å². The van der Waals surface area contributed by atoms with Crippen molar-refractivity contribution in [3.63, 3.8) is 0 Å². The van der Waals surface area contributed by atoms with Gasteiger partial charge in [0, 0.05) is 26.3 Å². The van der Waals surface area contributed by atoms with E-state index in [9.17, 15) is 0 Å². The van der Waals surface area contributed by atoms with Gasteiger partial charge in [-0.25, -0.2) is 0 Å². The number of hydrogen-bond acceptors (Lipinski definition) is 5. The molecule has 112 valence electrons. The first-order chi connectivity index (χ1) is 9.37. The van der Waals surface area contributed by atoms with Crippen LogP contribution in [0.5, 0.6) is 5.88 Å². The first-order valence-corrected chi connectivity index (χ1v) is 7.13. The van der Waals surface area contributed by atoms with Crippen molar-refractivity contribution in [2.75, 3.05) is 30.9 Å². The van der Waals surface area contributed by atoms with E-state index in [0.717, 1.165) is 31.9 Å². The van der Waals surface area contributed by atoms with Crippen LogP contribution in [0.2, 0.25) is 0 Å². The molecule has 0 atom stereocenters. The summed E-state index contributed by atoms with van der Waals surface area (Å²) >= 11 is 0. The molecule has 0 radical (unpaired) electrons. The lowest BCUT2D eigenvalue weighted by atomic mass is 10.1. The Morgan fingerprint density at radius 2 is 1.95 bits per heavy atom. The average Bonchev–Trinajstić information content (AvgIpc) is 2.40. The lowest BCUT2D eigenvalue weighted by molar-refractivity contribution is 0.0852. The van der Waals surface area contributed by atoms with Gasteiger partial charge >= 0.3 is 0 Å². The summed E-state index contributed by atoms with van der Waals surface area (Å²) in [6.07, 6.45) is 2.05. The minimum Gasteiger partial charge on any atom is -0.470 e. The van der Waals surface area contributed by atoms with E-state index in [1.807, 2.05) is 32.9 Å². The van der Waals surface area contributed by atoms with Crippen LogP contribution < -0.4 is 15.4 Å². The van der Waals surface area contributed by atoms with E-state index >= 15 is 0 Å². The van der Waals surface area contributed by atoms with Crippen LogP contribution in [0.15, 0.2) is 12.1 Å². The SMILES string of the molecule is CN(c1ccc(N)c(OC(C)(C)C)n1)C1CCOCC1. The van der Waals surface area contributed by atoms with E-state index in [0.29, 0.717) is 17.6 Å². The second-order valence-electron chi connectivity index (χ2n) is 6.23. The monoisotopic (exact) mass is 279 g/mol. The Labute approximate surface area is 121 Å². The summed E-state index contributed by atoms with van der Waals surface area (Å²) < 4.78 is 11.2. The Balaban J connectivity index is 2.17. The molecular formula is C15H25N3O2. The molecule has 1 saturated heterocycles. The third-order valence-corrected chi connectivity index (χ3v) is 3.38. The number of nitrogens with zero attached hydrogens (tertiary/aromatic N) is 2. The number of hydrogen-bond donors (Lipinski definition) is 1. The van der Waals surface area contributed by atoms with Crippen molar-refractivity contribution in [2.24, 2.45) is 0 Å². The minimum atomic E-state index is -0.309. The average molecular weight is 279 g/mol. The first kappa shape index (κ1) is 14.9. The molecule has 0 bridgehead atoms. The first-order valence-electron chi connectivity index (χ1n) is 7.13. The van der Waals surface area contributed by atoms with Gasteiger partial charge < -0.3 is 20.1 Å². The molecule has 1 aliphatic rings. The Hall–Kier alpha value is -1.49. The van der Waals surface area contributed by atoms with Gasteiger partial charge in [0.25, 0.3) is 0 Å². The normalized spacial score (nSPS) is 17.0. The fraction of sp³-hybridized carbons (Fsp3) is 0.667. The minimum absolute atomic E-state index is 0.309. The summed E-state index contributed by atoms with van der Waals surface area (Å²) in [6, 6.07) is 4.27. The summed E-state index contributed by atoms with van der Waals surface area (Å²) in [5.41, 5.74) is 6.21. The molecule has 1 aliphatic heterocycles. The summed E-state index contributed by atoms with van der Waals surface area (Å²) in [6.45, 7) is 7.60. The van der Waals surface area contributed by atoms with Gasteiger partial charge in [-0.3, -0.25) is 0 Å². The van der Waals surface area contributed by atoms with Crippen LogP contribution >= 0.6 is 0 Å². The van der Waals surface area contributed by atoms with Gasteiger partial charge in [-0.1, -0.05) is 0 Å². The quantitative estimate of drug-likeness (QED) is 0.921. The molecule has 0 amide bonds. The van der Waals surface area contributed by atoms with Crippen LogP contribution in [0, 0.1) is 0 Å². The Kier molecular flexibility index (Phi) is 4.38. The molecule has 0 aliphatic carbocycles. The molecule has 1 aromatic rings. The molecule has 0 unspecified atom stereocenters. The van der Waals surface area contributed by atoms with Gasteiger partial charge in [-0.05, 0) is 45.7 Å². The van der Waals surface area contributed by atoms with Crippen molar-refractivity contribution in [1.82, 2.24) is 4.98 Å². The third kappa shape index (κ3) is 3.76. The fourth-order valence-corrected chi connectivity index (χ4v) is 2.27. The largest absolute Gasteiger partial charge is 0.470 e. The maximum absolute atomic E-state index is 5.95. The van der Waals surface area contributed by atoms with Crippen LogP contribution in [0.25, 0.3) is 0 Å². The lowest BCUT2D eigenvalue weighted by Gasteiger charge is -2.32. The molecule has 0 spiro atoms. The second-order valence-corrected chi connectivity index (χ2v) is 6.23. The van der Waals surface area contributed by atoms with Gasteiger partial charge in [-0.2, -0.15) is 4.98 Å². The van der Waals surface area contributed by atoms with Gasteiger partial charge in [0.15, 0.2) is 0 Å². The highest BCUT2D eigenvalue weighted by molar-refractivity contribution is 5.54. The van der Waals surface area contributed by atoms with Gasteiger partial charge in [0.1, 0.15) is 11.4 Å². The molecule has 1 aromatic heterocycles. The molecule has 2 N–H and O–H groups in total. The summed E-state index contributed by atoms with van der Waals surface area (Å²) in [5, 5.41) is 0. The number of anilines is 2. The van der Waals surface area contributed by atoms with Crippen LogP contribution in [-0.4, -0.2) is 36.9 Å². The standard InChI is InChI=1S/C15H25N3O2/c1-15(2,3)20-14-12(16)5-6-13(17-14)18(4)11-7-9-19-10-8-11/h5-6,11H,7-10,16H2,1-4H3. The molecule has 2 heterocycles. The van der Waals surface area contributed by atoms with E-state index < -0.39 is 0 Å². The zero-order valence-electron chi connectivity index (χ0n) is 12.8. The van der Waals surface area contributed by atoms with Crippen LogP contribution in [0.4, 0.5) is 11.5 Å². The van der Waals surface area contributed by atoms with E-state index in [2.05, 4.69) is 16.9 Å². The maximum atomic E-state index is 5.95. The zero-order chi connectivity index (χ0) is 14.8. The molecular weight excluding hydrogens is 254 g/mol. The highest BCUT2D eigenvalue weighted by Gasteiger charge is 2.21. The van der Waals surface area contributed by atoms with E-state index in [4.69, 9.17) is 15.2 Å². The molecule has 5 heteroatoms. The van der Waals surface area contributed by atoms with Gasteiger partial charge in [-0.15, -0.1) is 0 Å². The Morgan fingerprint density at radius 3 is 2.55 bits per heavy atom. The van der Waals surface area contributed by atoms with Crippen molar-refractivity contribution in [1.29, 1.82) is 0 Å². The smallest absolute Gasteiger partial charge is 0.239 e. The Morgan fingerprint density at radius 1 is 1.30 bits per heavy atom. The number of rotatable bonds is 3. The van der Waals surface area contributed by atoms with Crippen LogP contribution in [0.3, 0.4) is 0 Å². The lowest BCUT2D eigenvalue weighted by Crippen LogP contribution is -2.37. The number of pyridine rings is 1. The number of nitrogen functional groups attached to an aromatic ring is 1. The molecule has 20 heavy (non-hydrogen) atoms. The van der Waals surface area contributed by atoms with Crippen LogP contribution in [-0.2, 0) is 4.74 Å². The van der Waals surface area contributed by atoms with Crippen molar-refractivity contribution in [3.05, 3.63) is 12.1 Å². The molecule has 2 rings (SSSR count). The molecule has 0 aromatic carbocycles. The topological polar surface area (TPSA) is 60.6 Å². The van der Waals surface area contributed by atoms with E-state index in [1.54, 1.807) is 0 Å². The highest BCUT2D eigenvalue weighted by Crippen LogP contribution is 2.28. The zero-order valence-corrected chi connectivity index (χ0v) is 12.8. The maximum Gasteiger partial charge on any atom is 0.239 e. The number of nitrogens with two attached hydrogens (primary N) is 1. The summed E-state index contributed by atoms with van der Waals surface area (Å²) in [5.74, 6) is 1.40. The predicted molar refractivity (Wildman–Crippen MR) is 81.3 cm³/mol. The molecule has 5 nitrogen and oxygen atoms in total. The molecule has 0 saturated carbocycles. The van der Waals surface area contributed by atoms with E-state index in [-0.39, 0.29) is 5.60 Å². The van der Waals surface area contributed by atoms with Crippen molar-refractivity contribution in [3.8, 4) is 5.88 Å². The second kappa shape index (κ2) is 5.87. The third-order valence-electron chi connectivity index (χ3n) is 3.38. The molecule has 1 fully saturated rings. The Bertz CT molecular complexity index is 451. The van der Waals surface area contributed by atoms with Crippen molar-refractivity contribution < 1.29 is 9.47 Å². The van der Waals surface area contributed by atoms with Gasteiger partial charge in [0.2, 0.25) is 5.88 Å². The van der Waals surface area contributed by atoms with Gasteiger partial charge in [0.05, 0.1) is 5.69 Å². The van der Waals surface area contributed by atoms with Crippen molar-refractivity contribution in [2.45, 2.75) is 45.3 Å². The number of ether oxygens (including phenoxy) is 2. The predicted octanol–water partition coefficient (Wildman–Crippen LogP) is 2.46. The summed E-state index contributed by atoms with van der Waals surface area (Å²) in [7, 11) is 2.06. The highest BCUT2D eigenvalue weighted by atomic mass is 16.5. The van der Waals surface area contributed by atoms with E-state index in [1.165, 1.54) is 0 Å². The fourth-order valence-electron chi connectivity index (χ4n) is 2.27.